The molecule has 0 amide bonds. The zero-order chi connectivity index (χ0) is 29.1. The van der Waals surface area contributed by atoms with Crippen LogP contribution in [0.3, 0.4) is 0 Å². The molecule has 0 atom stereocenters. The topological polar surface area (TPSA) is 191 Å². The minimum absolute atomic E-state index is 0.0264. The van der Waals surface area contributed by atoms with Crippen LogP contribution in [0.4, 0.5) is 0 Å². The number of fused-ring (bicyclic) bond motifs is 2. The molecule has 5 aromatic rings. The summed E-state index contributed by atoms with van der Waals surface area (Å²) in [6.07, 6.45) is 1.89. The summed E-state index contributed by atoms with van der Waals surface area (Å²) in [4.78, 5) is 23.2. The molecule has 5 rings (SSSR count). The van der Waals surface area contributed by atoms with Crippen LogP contribution in [0.15, 0.2) is 84.7 Å². The Morgan fingerprint density at radius 3 is 2.23 bits per heavy atom. The van der Waals surface area contributed by atoms with Gasteiger partial charge in [-0.1, -0.05) is 5.57 Å². The predicted octanol–water partition coefficient (Wildman–Crippen LogP) is 4.83. The lowest BCUT2D eigenvalue weighted by Gasteiger charge is -2.08. The molecule has 0 aliphatic carbocycles. The minimum Gasteiger partial charge on any atom is -0.508 e. The highest BCUT2D eigenvalue weighted by molar-refractivity contribution is 5.88. The van der Waals surface area contributed by atoms with Gasteiger partial charge in [-0.2, -0.15) is 0 Å². The van der Waals surface area contributed by atoms with Crippen LogP contribution in [0.25, 0.3) is 33.3 Å². The van der Waals surface area contributed by atoms with Crippen molar-refractivity contribution in [3.8, 4) is 51.6 Å². The second kappa shape index (κ2) is 11.0. The van der Waals surface area contributed by atoms with Crippen LogP contribution in [0.5, 0.6) is 40.2 Å². The summed E-state index contributed by atoms with van der Waals surface area (Å²) in [5.74, 6) is -2.39. The van der Waals surface area contributed by atoms with Crippen molar-refractivity contribution < 1.29 is 44.2 Å². The summed E-state index contributed by atoms with van der Waals surface area (Å²) in [5.41, 5.74) is 0.205. The Balaban J connectivity index is 0.000000189. The van der Waals surface area contributed by atoms with Crippen LogP contribution < -0.4 is 15.8 Å². The first kappa shape index (κ1) is 27.5. The smallest absolute Gasteiger partial charge is 0.336 e. The maximum Gasteiger partial charge on any atom is 0.336 e. The average Bonchev–Trinajstić information content (AvgIpc) is 2.88. The molecule has 2 aromatic heterocycles. The quantitative estimate of drug-likeness (QED) is 0.102. The predicted molar refractivity (Wildman–Crippen MR) is 145 cm³/mol. The first-order valence-corrected chi connectivity index (χ1v) is 11.7. The van der Waals surface area contributed by atoms with Gasteiger partial charge in [-0.25, -0.2) is 4.79 Å². The normalized spacial score (nSPS) is 10.7. The van der Waals surface area contributed by atoms with Gasteiger partial charge < -0.3 is 44.2 Å². The van der Waals surface area contributed by atoms with Crippen molar-refractivity contribution in [3.63, 3.8) is 0 Å². The molecule has 0 saturated heterocycles. The Bertz CT molecular complexity index is 1880. The molecular formula is C29H24O11. The minimum atomic E-state index is -0.888. The van der Waals surface area contributed by atoms with Crippen LogP contribution in [-0.2, 0) is 0 Å². The largest absolute Gasteiger partial charge is 0.508 e. The Morgan fingerprint density at radius 1 is 0.775 bits per heavy atom. The third kappa shape index (κ3) is 5.78. The Hall–Kier alpha value is -5.58. The molecule has 11 heteroatoms. The fourth-order valence-corrected chi connectivity index (χ4v) is 3.63. The van der Waals surface area contributed by atoms with E-state index in [1.807, 2.05) is 19.9 Å². The van der Waals surface area contributed by atoms with Crippen molar-refractivity contribution in [2.24, 2.45) is 0 Å². The lowest BCUT2D eigenvalue weighted by atomic mass is 10.1. The van der Waals surface area contributed by atoms with E-state index in [-0.39, 0.29) is 39.5 Å². The fraction of sp³-hybridized carbons (Fsp3) is 0.103. The van der Waals surface area contributed by atoms with Gasteiger partial charge in [-0.15, -0.1) is 0 Å². The van der Waals surface area contributed by atoms with Crippen molar-refractivity contribution in [3.05, 3.63) is 86.9 Å². The van der Waals surface area contributed by atoms with Gasteiger partial charge in [0.15, 0.2) is 28.8 Å². The first-order chi connectivity index (χ1) is 18.9. The van der Waals surface area contributed by atoms with Gasteiger partial charge in [0.25, 0.3) is 0 Å². The second-order valence-electron chi connectivity index (χ2n) is 8.86. The van der Waals surface area contributed by atoms with Crippen LogP contribution in [-0.4, -0.2) is 37.2 Å². The molecule has 0 unspecified atom stereocenters. The van der Waals surface area contributed by atoms with E-state index < -0.39 is 28.3 Å². The van der Waals surface area contributed by atoms with Crippen molar-refractivity contribution in [2.45, 2.75) is 13.8 Å². The average molecular weight is 549 g/mol. The monoisotopic (exact) mass is 548 g/mol. The standard InChI is InChI=1S/C15H10O7.C14H14O4/c16-7-4-10(19)12-11(5-7)22-15(14(21)13(12)20)6-1-2-8(17)9(18)3-6;1-9(2)5-6-17-13-8-12-10(7-11(13)15)3-4-14(16)18-12/h1-5,16-19,21H;3-5,7-8,15H,6H2,1-2H3. The third-order valence-electron chi connectivity index (χ3n) is 5.60. The van der Waals surface area contributed by atoms with Crippen LogP contribution in [0.1, 0.15) is 13.8 Å². The third-order valence-corrected chi connectivity index (χ3v) is 5.60. The van der Waals surface area contributed by atoms with Gasteiger partial charge in [0.05, 0.1) is 0 Å². The Morgan fingerprint density at radius 2 is 1.52 bits per heavy atom. The molecule has 3 aromatic carbocycles. The van der Waals surface area contributed by atoms with Gasteiger partial charge >= 0.3 is 5.63 Å². The van der Waals surface area contributed by atoms with E-state index in [4.69, 9.17) is 13.6 Å². The van der Waals surface area contributed by atoms with E-state index >= 15 is 0 Å². The van der Waals surface area contributed by atoms with Crippen molar-refractivity contribution >= 4 is 21.9 Å². The van der Waals surface area contributed by atoms with E-state index in [0.717, 1.165) is 29.8 Å². The first-order valence-electron chi connectivity index (χ1n) is 11.7. The Labute approximate surface area is 225 Å². The number of hydrogen-bond acceptors (Lipinski definition) is 11. The van der Waals surface area contributed by atoms with E-state index in [2.05, 4.69) is 0 Å². The summed E-state index contributed by atoms with van der Waals surface area (Å²) < 4.78 is 15.8. The van der Waals surface area contributed by atoms with Crippen LogP contribution in [0.2, 0.25) is 0 Å². The zero-order valence-corrected chi connectivity index (χ0v) is 21.2. The van der Waals surface area contributed by atoms with E-state index in [1.165, 1.54) is 24.3 Å². The molecular weight excluding hydrogens is 524 g/mol. The summed E-state index contributed by atoms with van der Waals surface area (Å²) in [6.45, 7) is 4.28. The molecule has 0 bridgehead atoms. The highest BCUT2D eigenvalue weighted by Gasteiger charge is 2.19. The van der Waals surface area contributed by atoms with Gasteiger partial charge in [-0.3, -0.25) is 4.79 Å². The highest BCUT2D eigenvalue weighted by atomic mass is 16.5. The Kier molecular flexibility index (Phi) is 7.57. The molecule has 0 radical (unpaired) electrons. The number of aromatic hydroxyl groups is 6. The molecule has 2 heterocycles. The molecule has 6 N–H and O–H groups in total. The summed E-state index contributed by atoms with van der Waals surface area (Å²) in [7, 11) is 0. The van der Waals surface area contributed by atoms with Crippen molar-refractivity contribution in [2.75, 3.05) is 6.61 Å². The highest BCUT2D eigenvalue weighted by Crippen LogP contribution is 2.37. The lowest BCUT2D eigenvalue weighted by molar-refractivity contribution is 0.335. The molecule has 0 aliphatic rings. The van der Waals surface area contributed by atoms with E-state index in [1.54, 1.807) is 6.07 Å². The van der Waals surface area contributed by atoms with Crippen molar-refractivity contribution in [1.82, 2.24) is 0 Å². The fourth-order valence-electron chi connectivity index (χ4n) is 3.63. The summed E-state index contributed by atoms with van der Waals surface area (Å²) in [6, 6.07) is 11.6. The van der Waals surface area contributed by atoms with Crippen molar-refractivity contribution in [1.29, 1.82) is 0 Å². The number of rotatable bonds is 4. The molecule has 0 spiro atoms. The van der Waals surface area contributed by atoms with Gasteiger partial charge in [0, 0.05) is 35.2 Å². The molecule has 206 valence electrons. The molecule has 40 heavy (non-hydrogen) atoms. The summed E-state index contributed by atoms with van der Waals surface area (Å²) in [5, 5.41) is 58.1. The maximum absolute atomic E-state index is 12.1. The lowest BCUT2D eigenvalue weighted by Crippen LogP contribution is -2.02. The van der Waals surface area contributed by atoms with Crippen LogP contribution in [0, 0.1) is 0 Å². The number of benzene rings is 3. The van der Waals surface area contributed by atoms with E-state index in [9.17, 15) is 40.2 Å². The molecule has 11 nitrogen and oxygen atoms in total. The van der Waals surface area contributed by atoms with E-state index in [0.29, 0.717) is 23.3 Å². The number of hydrogen-bond donors (Lipinski definition) is 6. The number of phenols is 5. The summed E-state index contributed by atoms with van der Waals surface area (Å²) >= 11 is 0. The maximum atomic E-state index is 12.1. The van der Waals surface area contributed by atoms with Gasteiger partial charge in [-0.05, 0) is 50.3 Å². The van der Waals surface area contributed by atoms with Gasteiger partial charge in [0.2, 0.25) is 11.2 Å². The zero-order valence-electron chi connectivity index (χ0n) is 21.2. The molecule has 0 fully saturated rings. The molecule has 0 saturated carbocycles. The SMILES string of the molecule is CC(C)=CCOc1cc2oc(=O)ccc2cc1O.O=c1c(O)c(-c2ccc(O)c(O)c2)oc2cc(O)cc(O)c12. The molecule has 0 aliphatic heterocycles. The number of phenolic OH excluding ortho intramolecular Hbond substituents is 5. The number of allylic oxidation sites excluding steroid dienone is 1. The number of ether oxygens (including phenoxy) is 1. The second-order valence-corrected chi connectivity index (χ2v) is 8.86. The van der Waals surface area contributed by atoms with Crippen LogP contribution >= 0.6 is 0 Å². The van der Waals surface area contributed by atoms with Gasteiger partial charge in [0.1, 0.15) is 34.7 Å².